The van der Waals surface area contributed by atoms with Gasteiger partial charge in [0.2, 0.25) is 35.4 Å². The van der Waals surface area contributed by atoms with Gasteiger partial charge in [0.05, 0.1) is 66.1 Å². The van der Waals surface area contributed by atoms with Gasteiger partial charge < -0.3 is 65.1 Å². The Hall–Kier alpha value is -3.00. The van der Waals surface area contributed by atoms with E-state index in [4.69, 9.17) is 36.4 Å². The fraction of sp³-hybridized carbons (Fsp3) is 0.838. The van der Waals surface area contributed by atoms with Crippen LogP contribution in [0.4, 0.5) is 0 Å². The fourth-order valence-electron chi connectivity index (χ4n) is 5.25. The molecular formula is C37H74N9O14PS. The van der Waals surface area contributed by atoms with Crippen LogP contribution in [0, 0.1) is 0 Å². The minimum Gasteiger partial charge on any atom is -0.377 e. The minimum absolute atomic E-state index is 0.0417. The maximum Gasteiger partial charge on any atom is 0.259 e. The van der Waals surface area contributed by atoms with Crippen molar-refractivity contribution in [2.75, 3.05) is 98.5 Å². The van der Waals surface area contributed by atoms with Crippen LogP contribution >= 0.6 is 18.0 Å². The van der Waals surface area contributed by atoms with Crippen molar-refractivity contribution in [3.05, 3.63) is 0 Å². The Morgan fingerprint density at radius 1 is 0.500 bits per heavy atom. The van der Waals surface area contributed by atoms with Crippen molar-refractivity contribution in [1.82, 2.24) is 31.9 Å². The summed E-state index contributed by atoms with van der Waals surface area (Å²) in [5, 5.41) is 16.1. The van der Waals surface area contributed by atoms with Crippen LogP contribution in [0.5, 0.6) is 0 Å². The largest absolute Gasteiger partial charge is 0.377 e. The Balaban J connectivity index is 5.16. The lowest BCUT2D eigenvalue weighted by molar-refractivity contribution is -0.131. The zero-order chi connectivity index (χ0) is 46.3. The van der Waals surface area contributed by atoms with Crippen LogP contribution in [0.2, 0.25) is 0 Å². The number of hydrogen-bond acceptors (Lipinski definition) is 18. The first kappa shape index (κ1) is 59.0. The second-order valence-electron chi connectivity index (χ2n) is 14.0. The smallest absolute Gasteiger partial charge is 0.259 e. The summed E-state index contributed by atoms with van der Waals surface area (Å²) in [5.74, 6) is 12.1. The normalized spacial score (nSPS) is 13.1. The van der Waals surface area contributed by atoms with Gasteiger partial charge in [0.15, 0.2) is 0 Å². The molecule has 12 N–H and O–H groups in total. The Morgan fingerprint density at radius 3 is 1.40 bits per heavy atom. The van der Waals surface area contributed by atoms with E-state index in [0.29, 0.717) is 13.2 Å². The van der Waals surface area contributed by atoms with Gasteiger partial charge in [-0.25, -0.2) is 17.7 Å². The molecule has 0 aliphatic rings. The standard InChI is InChI=1S/C37H74N9O14PS/c1-29(2)61(53,62-3)60-19-7-5-4-6-15-41-32(47)9-8-10-34(49)45-31(37(52)44-18-22-56-25-28-59-40)12-14-35(50)46-30(36(51)43-17-21-55-24-27-58-39)11-13-33(48)42-16-20-54-23-26-57-38/h29-31H,4-28,38-40H2,1-3H3,(H,41,47)(H,42,48)(H,43,51)(H,44,52)(H,45,49)(H,46,50). The Kier molecular flexibility index (Phi) is 37.7. The molecule has 0 aromatic heterocycles. The maximum absolute atomic E-state index is 13.2. The lowest BCUT2D eigenvalue weighted by atomic mass is 10.1. The summed E-state index contributed by atoms with van der Waals surface area (Å²) in [7, 11) is 0. The van der Waals surface area contributed by atoms with Gasteiger partial charge in [0.25, 0.3) is 6.57 Å². The number of nitrogens with two attached hydrogens (primary N) is 3. The van der Waals surface area contributed by atoms with Gasteiger partial charge in [0.1, 0.15) is 12.1 Å². The lowest BCUT2D eigenvalue weighted by Crippen LogP contribution is -2.50. The summed E-state index contributed by atoms with van der Waals surface area (Å²) in [6.45, 7) is 4.04. The van der Waals surface area contributed by atoms with Gasteiger partial charge in [-0.15, -0.1) is 0 Å². The van der Waals surface area contributed by atoms with Crippen LogP contribution in [0.1, 0.15) is 84.5 Å². The summed E-state index contributed by atoms with van der Waals surface area (Å²) in [6, 6.07) is -2.25. The van der Waals surface area contributed by atoms with E-state index in [1.165, 1.54) is 11.4 Å². The molecule has 0 aromatic carbocycles. The highest BCUT2D eigenvalue weighted by atomic mass is 32.7. The van der Waals surface area contributed by atoms with Gasteiger partial charge in [0, 0.05) is 57.5 Å². The van der Waals surface area contributed by atoms with Gasteiger partial charge in [-0.2, -0.15) is 0 Å². The predicted molar refractivity (Wildman–Crippen MR) is 232 cm³/mol. The van der Waals surface area contributed by atoms with E-state index >= 15 is 0 Å². The number of rotatable bonds is 42. The van der Waals surface area contributed by atoms with E-state index in [2.05, 4.69) is 46.4 Å². The second-order valence-corrected chi connectivity index (χ2v) is 19.3. The second kappa shape index (κ2) is 39.6. The molecule has 0 radical (unpaired) electrons. The number of carbonyl (C=O) groups is 6. The molecule has 23 nitrogen and oxygen atoms in total. The molecule has 0 rings (SSSR count). The number of hydrogen-bond donors (Lipinski definition) is 9. The Bertz CT molecular complexity index is 1290. The summed E-state index contributed by atoms with van der Waals surface area (Å²) < 4.78 is 34.1. The molecule has 3 unspecified atom stereocenters. The minimum atomic E-state index is -2.67. The van der Waals surface area contributed by atoms with E-state index in [-0.39, 0.29) is 142 Å². The number of nitrogens with one attached hydrogen (secondary N) is 6. The number of unbranched alkanes of at least 4 members (excludes halogenated alkanes) is 3. The van der Waals surface area contributed by atoms with E-state index in [0.717, 1.165) is 25.7 Å². The first-order chi connectivity index (χ1) is 29.8. The molecular weight excluding hydrogens is 857 g/mol. The Morgan fingerprint density at radius 2 is 0.919 bits per heavy atom. The molecule has 0 fully saturated rings. The third-order valence-corrected chi connectivity index (χ3v) is 14.1. The van der Waals surface area contributed by atoms with Crippen molar-refractivity contribution in [2.45, 2.75) is 102 Å². The zero-order valence-corrected chi connectivity index (χ0v) is 38.4. The molecule has 62 heavy (non-hydrogen) atoms. The SMILES string of the molecule is CSP(=O)(OCCCCCCNC(=O)CCCC(=O)NC(CCC(=O)NC(CCC(=O)NCCOCCON)C(=O)NCCOCCON)C(=O)NCCOCCON)C(C)C. The molecule has 0 spiro atoms. The van der Waals surface area contributed by atoms with E-state index < -0.39 is 42.3 Å². The highest BCUT2D eigenvalue weighted by Crippen LogP contribution is 2.62. The fourth-order valence-corrected chi connectivity index (χ4v) is 8.26. The van der Waals surface area contributed by atoms with E-state index in [1.54, 1.807) is 6.26 Å². The average Bonchev–Trinajstić information content (AvgIpc) is 3.25. The van der Waals surface area contributed by atoms with Gasteiger partial charge in [-0.05, 0) is 38.4 Å². The molecule has 0 saturated carbocycles. The zero-order valence-electron chi connectivity index (χ0n) is 36.7. The Labute approximate surface area is 369 Å². The quantitative estimate of drug-likeness (QED) is 0.0210. The molecule has 0 aliphatic heterocycles. The van der Waals surface area contributed by atoms with E-state index in [9.17, 15) is 33.3 Å². The van der Waals surface area contributed by atoms with Crippen molar-refractivity contribution in [1.29, 1.82) is 0 Å². The first-order valence-corrected chi connectivity index (χ1v) is 24.5. The average molecular weight is 932 g/mol. The molecule has 0 aliphatic carbocycles. The summed E-state index contributed by atoms with van der Waals surface area (Å²) in [4.78, 5) is 90.5. The van der Waals surface area contributed by atoms with Crippen LogP contribution in [-0.4, -0.2) is 152 Å². The van der Waals surface area contributed by atoms with Crippen molar-refractivity contribution in [2.24, 2.45) is 17.7 Å². The number of carbonyl (C=O) groups excluding carboxylic acids is 6. The van der Waals surface area contributed by atoms with E-state index in [1.807, 2.05) is 13.8 Å². The maximum atomic E-state index is 13.2. The van der Waals surface area contributed by atoms with Crippen molar-refractivity contribution in [3.8, 4) is 0 Å². The van der Waals surface area contributed by atoms with Crippen LogP contribution in [0.15, 0.2) is 0 Å². The van der Waals surface area contributed by atoms with Crippen LogP contribution in [-0.2, 0) is 66.6 Å². The number of amides is 6. The highest BCUT2D eigenvalue weighted by Gasteiger charge is 2.27. The lowest BCUT2D eigenvalue weighted by Gasteiger charge is -2.21. The third-order valence-electron chi connectivity index (χ3n) is 8.68. The highest BCUT2D eigenvalue weighted by molar-refractivity contribution is 8.56. The summed E-state index contributed by atoms with van der Waals surface area (Å²) in [6.07, 6.45) is 4.77. The van der Waals surface area contributed by atoms with Crippen LogP contribution in [0.3, 0.4) is 0 Å². The monoisotopic (exact) mass is 931 g/mol. The molecule has 6 amide bonds. The third kappa shape index (κ3) is 32.6. The molecule has 0 saturated heterocycles. The van der Waals surface area contributed by atoms with Crippen molar-refractivity contribution in [3.63, 3.8) is 0 Å². The molecule has 0 heterocycles. The van der Waals surface area contributed by atoms with Crippen LogP contribution in [0.25, 0.3) is 0 Å². The predicted octanol–water partition coefficient (Wildman–Crippen LogP) is -0.586. The molecule has 0 aromatic rings. The van der Waals surface area contributed by atoms with Gasteiger partial charge in [-0.1, -0.05) is 38.1 Å². The summed E-state index contributed by atoms with van der Waals surface area (Å²) >= 11 is 1.27. The molecule has 0 bridgehead atoms. The molecule has 25 heteroatoms. The van der Waals surface area contributed by atoms with Crippen molar-refractivity contribution >= 4 is 53.4 Å². The number of ether oxygens (including phenoxy) is 3. The van der Waals surface area contributed by atoms with Crippen molar-refractivity contribution < 1.29 is 66.6 Å². The topological polar surface area (TPSA) is 334 Å². The summed E-state index contributed by atoms with van der Waals surface area (Å²) in [5.41, 5.74) is -0.0417. The molecule has 3 atom stereocenters. The van der Waals surface area contributed by atoms with Gasteiger partial charge in [-0.3, -0.25) is 33.3 Å². The van der Waals surface area contributed by atoms with Gasteiger partial charge >= 0.3 is 0 Å². The first-order valence-electron chi connectivity index (χ1n) is 21.0. The molecule has 362 valence electrons. The van der Waals surface area contributed by atoms with Crippen LogP contribution < -0.4 is 49.6 Å².